The van der Waals surface area contributed by atoms with Crippen molar-refractivity contribution in [1.82, 2.24) is 0 Å². The number of rotatable bonds is 6. The maximum atomic E-state index is 5.40. The van der Waals surface area contributed by atoms with E-state index in [1.807, 2.05) is 36.4 Å². The molecule has 0 spiro atoms. The number of hydrogen-bond donors (Lipinski definition) is 0. The summed E-state index contributed by atoms with van der Waals surface area (Å²) in [6.45, 7) is 4.17. The first-order chi connectivity index (χ1) is 11.5. The molecule has 0 bridgehead atoms. The zero-order chi connectivity index (χ0) is 17.7. The summed E-state index contributed by atoms with van der Waals surface area (Å²) in [4.78, 5) is 0. The Morgan fingerprint density at radius 2 is 1.12 bits per heavy atom. The van der Waals surface area contributed by atoms with Gasteiger partial charge in [-0.1, -0.05) is 6.07 Å². The molecule has 0 aliphatic carbocycles. The molecule has 0 aliphatic rings. The Labute approximate surface area is 143 Å². The van der Waals surface area contributed by atoms with Gasteiger partial charge >= 0.3 is 0 Å². The minimum absolute atomic E-state index is 0.713. The molecule has 4 heteroatoms. The summed E-state index contributed by atoms with van der Waals surface area (Å²) in [5.74, 6) is 2.97. The number of methoxy groups -OCH3 is 4. The molecule has 0 saturated heterocycles. The Kier molecular flexibility index (Phi) is 5.74. The number of ether oxygens (including phenoxy) is 4. The monoisotopic (exact) mass is 328 g/mol. The van der Waals surface area contributed by atoms with Crippen LogP contribution in [0.25, 0.3) is 11.1 Å². The van der Waals surface area contributed by atoms with Crippen molar-refractivity contribution in [1.29, 1.82) is 0 Å². The third kappa shape index (κ3) is 3.65. The summed E-state index contributed by atoms with van der Waals surface area (Å²) in [6, 6.07) is 11.8. The van der Waals surface area contributed by atoms with Crippen LogP contribution in [0.1, 0.15) is 25.0 Å². The molecule has 0 radical (unpaired) electrons. The zero-order valence-electron chi connectivity index (χ0n) is 15.1. The van der Waals surface area contributed by atoms with Gasteiger partial charge in [0, 0.05) is 6.07 Å². The molecule has 2 rings (SSSR count). The summed E-state index contributed by atoms with van der Waals surface area (Å²) < 4.78 is 21.4. The fourth-order valence-electron chi connectivity index (χ4n) is 2.53. The van der Waals surface area contributed by atoms with Crippen LogP contribution in [-0.4, -0.2) is 28.4 Å². The third-order valence-corrected chi connectivity index (χ3v) is 4.16. The Morgan fingerprint density at radius 1 is 0.583 bits per heavy atom. The standard InChI is InChI=1S/C20H24O4/c1-13(15-7-8-19(23-5)20(11-15)24-6)14(2)16-9-17(21-3)12-18(10-16)22-4/h7-12H,1-6H3/b14-13+. The topological polar surface area (TPSA) is 36.9 Å². The molecule has 128 valence electrons. The molecule has 0 amide bonds. The lowest BCUT2D eigenvalue weighted by Crippen LogP contribution is -1.94. The molecule has 0 saturated carbocycles. The number of benzene rings is 2. The fraction of sp³-hybridized carbons (Fsp3) is 0.300. The quantitative estimate of drug-likeness (QED) is 0.722. The van der Waals surface area contributed by atoms with Gasteiger partial charge in [-0.15, -0.1) is 0 Å². The minimum atomic E-state index is 0.713. The highest BCUT2D eigenvalue weighted by atomic mass is 16.5. The van der Waals surface area contributed by atoms with E-state index < -0.39 is 0 Å². The molecule has 24 heavy (non-hydrogen) atoms. The van der Waals surface area contributed by atoms with Gasteiger partial charge in [-0.05, 0) is 60.4 Å². The zero-order valence-corrected chi connectivity index (χ0v) is 15.1. The van der Waals surface area contributed by atoms with Crippen molar-refractivity contribution in [2.75, 3.05) is 28.4 Å². The van der Waals surface area contributed by atoms with E-state index in [-0.39, 0.29) is 0 Å². The molecule has 0 aliphatic heterocycles. The maximum Gasteiger partial charge on any atom is 0.161 e. The molecule has 4 nitrogen and oxygen atoms in total. The molecule has 2 aromatic carbocycles. The highest BCUT2D eigenvalue weighted by Gasteiger charge is 2.10. The van der Waals surface area contributed by atoms with Gasteiger partial charge in [0.25, 0.3) is 0 Å². The summed E-state index contributed by atoms with van der Waals surface area (Å²) in [6.07, 6.45) is 0. The normalized spacial score (nSPS) is 11.6. The second-order valence-electron chi connectivity index (χ2n) is 5.42. The largest absolute Gasteiger partial charge is 0.497 e. The second kappa shape index (κ2) is 7.77. The SMILES string of the molecule is COc1cc(OC)cc(/C(C)=C(\C)c2ccc(OC)c(OC)c2)c1. The van der Waals surface area contributed by atoms with Gasteiger partial charge in [-0.2, -0.15) is 0 Å². The highest BCUT2D eigenvalue weighted by molar-refractivity contribution is 5.89. The van der Waals surface area contributed by atoms with Gasteiger partial charge in [0.1, 0.15) is 11.5 Å². The molecular formula is C20H24O4. The van der Waals surface area contributed by atoms with Crippen LogP contribution < -0.4 is 18.9 Å². The molecule has 0 heterocycles. The van der Waals surface area contributed by atoms with Crippen LogP contribution in [0.4, 0.5) is 0 Å². The first-order valence-electron chi connectivity index (χ1n) is 7.67. The molecule has 2 aromatic rings. The molecule has 0 aromatic heterocycles. The van der Waals surface area contributed by atoms with Crippen LogP contribution in [0.2, 0.25) is 0 Å². The van der Waals surface area contributed by atoms with Crippen molar-refractivity contribution in [2.45, 2.75) is 13.8 Å². The van der Waals surface area contributed by atoms with Crippen molar-refractivity contribution in [2.24, 2.45) is 0 Å². The average molecular weight is 328 g/mol. The summed E-state index contributed by atoms with van der Waals surface area (Å²) in [7, 11) is 6.58. The van der Waals surface area contributed by atoms with E-state index in [1.165, 1.54) is 0 Å². The summed E-state index contributed by atoms with van der Waals surface area (Å²) in [5, 5.41) is 0. The Balaban J connectivity index is 2.51. The van der Waals surface area contributed by atoms with Crippen LogP contribution in [0.3, 0.4) is 0 Å². The van der Waals surface area contributed by atoms with Crippen molar-refractivity contribution >= 4 is 11.1 Å². The molecule has 0 N–H and O–H groups in total. The minimum Gasteiger partial charge on any atom is -0.497 e. The maximum absolute atomic E-state index is 5.40. The summed E-state index contributed by atoms with van der Waals surface area (Å²) >= 11 is 0. The van der Waals surface area contributed by atoms with Crippen molar-refractivity contribution in [3.05, 3.63) is 47.5 Å². The van der Waals surface area contributed by atoms with Crippen LogP contribution in [-0.2, 0) is 0 Å². The Morgan fingerprint density at radius 3 is 1.62 bits per heavy atom. The number of allylic oxidation sites excluding steroid dienone is 2. The van der Waals surface area contributed by atoms with Gasteiger partial charge in [0.15, 0.2) is 11.5 Å². The van der Waals surface area contributed by atoms with E-state index in [4.69, 9.17) is 18.9 Å². The fourth-order valence-corrected chi connectivity index (χ4v) is 2.53. The lowest BCUT2D eigenvalue weighted by molar-refractivity contribution is 0.355. The van der Waals surface area contributed by atoms with Crippen molar-refractivity contribution in [3.63, 3.8) is 0 Å². The van der Waals surface area contributed by atoms with Crippen LogP contribution in [0.5, 0.6) is 23.0 Å². The van der Waals surface area contributed by atoms with E-state index in [1.54, 1.807) is 28.4 Å². The lowest BCUT2D eigenvalue weighted by atomic mass is 9.96. The highest BCUT2D eigenvalue weighted by Crippen LogP contribution is 2.35. The number of hydrogen-bond acceptors (Lipinski definition) is 4. The van der Waals surface area contributed by atoms with Crippen LogP contribution in [0.15, 0.2) is 36.4 Å². The van der Waals surface area contributed by atoms with Crippen molar-refractivity contribution < 1.29 is 18.9 Å². The Bertz CT molecular complexity index is 725. The van der Waals surface area contributed by atoms with Crippen LogP contribution >= 0.6 is 0 Å². The summed E-state index contributed by atoms with van der Waals surface area (Å²) in [5.41, 5.74) is 4.41. The Hall–Kier alpha value is -2.62. The first-order valence-corrected chi connectivity index (χ1v) is 7.67. The smallest absolute Gasteiger partial charge is 0.161 e. The lowest BCUT2D eigenvalue weighted by Gasteiger charge is -2.14. The van der Waals surface area contributed by atoms with E-state index in [9.17, 15) is 0 Å². The molecule has 0 fully saturated rings. The van der Waals surface area contributed by atoms with Gasteiger partial charge < -0.3 is 18.9 Å². The second-order valence-corrected chi connectivity index (χ2v) is 5.42. The first kappa shape index (κ1) is 17.7. The predicted octanol–water partition coefficient (Wildman–Crippen LogP) is 4.67. The predicted molar refractivity (Wildman–Crippen MR) is 97.3 cm³/mol. The van der Waals surface area contributed by atoms with Gasteiger partial charge in [-0.3, -0.25) is 0 Å². The molecule has 0 atom stereocenters. The molecule has 0 unspecified atom stereocenters. The van der Waals surface area contributed by atoms with E-state index in [2.05, 4.69) is 13.8 Å². The van der Waals surface area contributed by atoms with Crippen LogP contribution in [0, 0.1) is 0 Å². The van der Waals surface area contributed by atoms with E-state index in [0.717, 1.165) is 39.5 Å². The van der Waals surface area contributed by atoms with Crippen molar-refractivity contribution in [3.8, 4) is 23.0 Å². The van der Waals surface area contributed by atoms with E-state index >= 15 is 0 Å². The van der Waals surface area contributed by atoms with Gasteiger partial charge in [0.2, 0.25) is 0 Å². The van der Waals surface area contributed by atoms with E-state index in [0.29, 0.717) is 5.75 Å². The van der Waals surface area contributed by atoms with Gasteiger partial charge in [-0.25, -0.2) is 0 Å². The third-order valence-electron chi connectivity index (χ3n) is 4.16. The average Bonchev–Trinajstić information content (AvgIpc) is 2.65. The van der Waals surface area contributed by atoms with Gasteiger partial charge in [0.05, 0.1) is 28.4 Å². The molecular weight excluding hydrogens is 304 g/mol.